The summed E-state index contributed by atoms with van der Waals surface area (Å²) in [4.78, 5) is 0. The largest absolute Gasteiger partial charge is 0.488 e. The van der Waals surface area contributed by atoms with Gasteiger partial charge >= 0.3 is 7.12 Å². The standard InChI is InChI=1S/C31H22BNO4/c1-2-21(33-26-9-5-3-7-23(26)24-8-4-6-10-27(24)33)13-14-22-17-19-11-15-29-30(31(19)36-22)25-18-20(32(34)35)12-16-28(25)37-29/h2-18,34-35H,1H3/b14-13-,21-2+. The van der Waals surface area contributed by atoms with Crippen LogP contribution in [0.4, 0.5) is 0 Å². The number of furan rings is 2. The van der Waals surface area contributed by atoms with Crippen molar-refractivity contribution in [2.24, 2.45) is 0 Å². The molecule has 7 aromatic rings. The first-order chi connectivity index (χ1) is 18.1. The second-order valence-electron chi connectivity index (χ2n) is 9.15. The summed E-state index contributed by atoms with van der Waals surface area (Å²) in [5.41, 5.74) is 5.82. The molecule has 5 nitrogen and oxygen atoms in total. The fourth-order valence-corrected chi connectivity index (χ4v) is 5.31. The molecule has 0 radical (unpaired) electrons. The van der Waals surface area contributed by atoms with Gasteiger partial charge in [0.2, 0.25) is 0 Å². The van der Waals surface area contributed by atoms with Crippen LogP contribution in [0, 0.1) is 0 Å². The Morgan fingerprint density at radius 1 is 0.784 bits per heavy atom. The molecule has 2 N–H and O–H groups in total. The van der Waals surface area contributed by atoms with Crippen LogP contribution < -0.4 is 5.46 Å². The molecule has 0 aliphatic carbocycles. The predicted octanol–water partition coefficient (Wildman–Crippen LogP) is 6.69. The number of benzene rings is 4. The lowest BCUT2D eigenvalue weighted by Crippen LogP contribution is -2.29. The number of allylic oxidation sites excluding steroid dienone is 3. The highest BCUT2D eigenvalue weighted by atomic mass is 16.4. The van der Waals surface area contributed by atoms with Gasteiger partial charge in [0, 0.05) is 27.2 Å². The molecule has 0 amide bonds. The Bertz CT molecular complexity index is 1980. The summed E-state index contributed by atoms with van der Waals surface area (Å²) in [5.74, 6) is 0.718. The van der Waals surface area contributed by atoms with Crippen molar-refractivity contribution >= 4 is 79.1 Å². The summed E-state index contributed by atoms with van der Waals surface area (Å²) in [6.07, 6.45) is 6.15. The molecular weight excluding hydrogens is 461 g/mol. The third-order valence-electron chi connectivity index (χ3n) is 7.01. The van der Waals surface area contributed by atoms with E-state index >= 15 is 0 Å². The molecule has 0 aliphatic rings. The molecule has 0 bridgehead atoms. The first-order valence-corrected chi connectivity index (χ1v) is 12.2. The van der Waals surface area contributed by atoms with E-state index in [1.54, 1.807) is 18.2 Å². The van der Waals surface area contributed by atoms with Gasteiger partial charge in [-0.2, -0.15) is 0 Å². The molecule has 3 heterocycles. The van der Waals surface area contributed by atoms with Crippen LogP contribution in [-0.4, -0.2) is 21.7 Å². The molecule has 0 saturated carbocycles. The van der Waals surface area contributed by atoms with E-state index in [-0.39, 0.29) is 0 Å². The molecule has 4 aromatic carbocycles. The Kier molecular flexibility index (Phi) is 4.86. The third-order valence-corrected chi connectivity index (χ3v) is 7.01. The van der Waals surface area contributed by atoms with E-state index in [9.17, 15) is 10.0 Å². The molecular formula is C31H22BNO4. The van der Waals surface area contributed by atoms with Crippen LogP contribution in [-0.2, 0) is 0 Å². The minimum absolute atomic E-state index is 0.405. The Balaban J connectivity index is 1.36. The lowest BCUT2D eigenvalue weighted by Gasteiger charge is -2.08. The highest BCUT2D eigenvalue weighted by molar-refractivity contribution is 6.59. The quantitative estimate of drug-likeness (QED) is 0.216. The summed E-state index contributed by atoms with van der Waals surface area (Å²) < 4.78 is 14.6. The second-order valence-corrected chi connectivity index (χ2v) is 9.15. The van der Waals surface area contributed by atoms with Gasteiger partial charge in [-0.3, -0.25) is 0 Å². The molecule has 0 spiro atoms. The monoisotopic (exact) mass is 483 g/mol. The molecule has 0 fully saturated rings. The zero-order chi connectivity index (χ0) is 25.1. The Labute approximate surface area is 212 Å². The first kappa shape index (κ1) is 21.7. The van der Waals surface area contributed by atoms with Gasteiger partial charge < -0.3 is 23.4 Å². The zero-order valence-corrected chi connectivity index (χ0v) is 20.1. The smallest absolute Gasteiger partial charge is 0.456 e. The van der Waals surface area contributed by atoms with Crippen molar-refractivity contribution in [2.75, 3.05) is 0 Å². The number of fused-ring (bicyclic) bond motifs is 8. The molecule has 0 saturated heterocycles. The van der Waals surface area contributed by atoms with Crippen molar-refractivity contribution in [3.63, 3.8) is 0 Å². The highest BCUT2D eigenvalue weighted by Crippen LogP contribution is 2.36. The van der Waals surface area contributed by atoms with Crippen LogP contribution >= 0.6 is 0 Å². The normalized spacial score (nSPS) is 12.8. The van der Waals surface area contributed by atoms with Gasteiger partial charge in [0.05, 0.1) is 16.4 Å². The minimum atomic E-state index is -1.55. The zero-order valence-electron chi connectivity index (χ0n) is 20.1. The average molecular weight is 483 g/mol. The maximum atomic E-state index is 9.65. The molecule has 0 aliphatic heterocycles. The van der Waals surface area contributed by atoms with Crippen LogP contribution in [0.5, 0.6) is 0 Å². The average Bonchev–Trinajstić information content (AvgIpc) is 3.60. The van der Waals surface area contributed by atoms with E-state index in [1.807, 2.05) is 31.2 Å². The molecule has 0 atom stereocenters. The molecule has 7 rings (SSSR count). The molecule has 3 aromatic heterocycles. The SMILES string of the molecule is C/C=C(\C=C/c1cc2ccc3oc4ccc(B(O)O)cc4c3c2o1)n1c2ccccc2c2ccccc21. The Morgan fingerprint density at radius 3 is 2.19 bits per heavy atom. The van der Waals surface area contributed by atoms with E-state index in [0.29, 0.717) is 22.2 Å². The highest BCUT2D eigenvalue weighted by Gasteiger charge is 2.18. The van der Waals surface area contributed by atoms with Crippen molar-refractivity contribution in [3.8, 4) is 0 Å². The number of rotatable bonds is 4. The first-order valence-electron chi connectivity index (χ1n) is 12.2. The topological polar surface area (TPSA) is 71.7 Å². The lowest BCUT2D eigenvalue weighted by atomic mass is 9.80. The third kappa shape index (κ3) is 3.34. The summed E-state index contributed by atoms with van der Waals surface area (Å²) in [5, 5.41) is 24.3. The van der Waals surface area contributed by atoms with E-state index in [4.69, 9.17) is 8.83 Å². The summed E-state index contributed by atoms with van der Waals surface area (Å²) in [6.45, 7) is 2.04. The maximum absolute atomic E-state index is 9.65. The van der Waals surface area contributed by atoms with Crippen molar-refractivity contribution in [2.45, 2.75) is 6.92 Å². The van der Waals surface area contributed by atoms with Crippen LogP contribution in [0.25, 0.3) is 66.5 Å². The van der Waals surface area contributed by atoms with Gasteiger partial charge in [-0.1, -0.05) is 54.6 Å². The number of para-hydroxylation sites is 2. The molecule has 6 heteroatoms. The van der Waals surface area contributed by atoms with E-state index in [1.165, 1.54) is 10.8 Å². The number of aromatic nitrogens is 1. The van der Waals surface area contributed by atoms with Crippen LogP contribution in [0.2, 0.25) is 0 Å². The fraction of sp³-hybridized carbons (Fsp3) is 0.0323. The van der Waals surface area contributed by atoms with Gasteiger partial charge in [0.1, 0.15) is 22.5 Å². The predicted molar refractivity (Wildman–Crippen MR) is 152 cm³/mol. The van der Waals surface area contributed by atoms with Gasteiger partial charge in [0.15, 0.2) is 0 Å². The lowest BCUT2D eigenvalue weighted by molar-refractivity contribution is 0.426. The van der Waals surface area contributed by atoms with E-state index < -0.39 is 7.12 Å². The van der Waals surface area contributed by atoms with Gasteiger partial charge in [0.25, 0.3) is 0 Å². The van der Waals surface area contributed by atoms with Crippen molar-refractivity contribution < 1.29 is 18.9 Å². The van der Waals surface area contributed by atoms with Crippen molar-refractivity contribution in [3.05, 3.63) is 103 Å². The second kappa shape index (κ2) is 8.27. The van der Waals surface area contributed by atoms with Gasteiger partial charge in [-0.25, -0.2) is 0 Å². The van der Waals surface area contributed by atoms with Crippen LogP contribution in [0.15, 0.2) is 106 Å². The number of hydrogen-bond donors (Lipinski definition) is 2. The summed E-state index contributed by atoms with van der Waals surface area (Å²) in [7, 11) is -1.55. The van der Waals surface area contributed by atoms with E-state index in [2.05, 4.69) is 65.3 Å². The Morgan fingerprint density at radius 2 is 1.49 bits per heavy atom. The van der Waals surface area contributed by atoms with Crippen molar-refractivity contribution in [1.82, 2.24) is 4.57 Å². The fourth-order valence-electron chi connectivity index (χ4n) is 5.31. The van der Waals surface area contributed by atoms with Gasteiger partial charge in [-0.05, 0) is 60.9 Å². The molecule has 37 heavy (non-hydrogen) atoms. The van der Waals surface area contributed by atoms with Crippen molar-refractivity contribution in [1.29, 1.82) is 0 Å². The minimum Gasteiger partial charge on any atom is -0.456 e. The number of hydrogen-bond acceptors (Lipinski definition) is 4. The van der Waals surface area contributed by atoms with Crippen LogP contribution in [0.1, 0.15) is 12.7 Å². The number of nitrogens with zero attached hydrogens (tertiary/aromatic N) is 1. The van der Waals surface area contributed by atoms with E-state index in [0.717, 1.165) is 38.6 Å². The summed E-state index contributed by atoms with van der Waals surface area (Å²) >= 11 is 0. The van der Waals surface area contributed by atoms with Gasteiger partial charge in [-0.15, -0.1) is 0 Å². The Hall–Kier alpha value is -4.52. The molecule has 0 unspecified atom stereocenters. The molecule has 178 valence electrons. The summed E-state index contributed by atoms with van der Waals surface area (Å²) in [6, 6.07) is 27.9. The maximum Gasteiger partial charge on any atom is 0.488 e. The van der Waals surface area contributed by atoms with Crippen LogP contribution in [0.3, 0.4) is 0 Å².